The highest BCUT2D eigenvalue weighted by Crippen LogP contribution is 2.24. The van der Waals surface area contributed by atoms with E-state index in [2.05, 4.69) is 16.5 Å². The Labute approximate surface area is 157 Å². The van der Waals surface area contributed by atoms with E-state index in [0.29, 0.717) is 30.1 Å². The zero-order valence-electron chi connectivity index (χ0n) is 15.7. The van der Waals surface area contributed by atoms with Gasteiger partial charge in [-0.15, -0.1) is 0 Å². The molecule has 1 amide bonds. The lowest BCUT2D eigenvalue weighted by Crippen LogP contribution is -2.29. The van der Waals surface area contributed by atoms with Gasteiger partial charge in [0.15, 0.2) is 5.65 Å². The molecule has 0 spiro atoms. The van der Waals surface area contributed by atoms with E-state index >= 15 is 0 Å². The first kappa shape index (κ1) is 17.6. The highest BCUT2D eigenvalue weighted by atomic mass is 19.1. The molecule has 2 aromatic heterocycles. The number of benzene rings is 1. The number of rotatable bonds is 4. The van der Waals surface area contributed by atoms with Crippen LogP contribution in [0.2, 0.25) is 0 Å². The van der Waals surface area contributed by atoms with Crippen LogP contribution in [0.1, 0.15) is 35.1 Å². The molecule has 0 N–H and O–H groups in total. The lowest BCUT2D eigenvalue weighted by atomic mass is 10.0. The molecule has 1 aromatic carbocycles. The molecule has 0 unspecified atom stereocenters. The van der Waals surface area contributed by atoms with Crippen LogP contribution < -0.4 is 0 Å². The van der Waals surface area contributed by atoms with Crippen molar-refractivity contribution >= 4 is 17.1 Å². The lowest BCUT2D eigenvalue weighted by Gasteiger charge is -2.17. The van der Waals surface area contributed by atoms with Gasteiger partial charge in [-0.2, -0.15) is 0 Å². The van der Waals surface area contributed by atoms with Gasteiger partial charge in [0.2, 0.25) is 0 Å². The molecule has 140 valence electrons. The highest BCUT2D eigenvalue weighted by Gasteiger charge is 2.28. The van der Waals surface area contributed by atoms with Crippen LogP contribution >= 0.6 is 0 Å². The predicted molar refractivity (Wildman–Crippen MR) is 102 cm³/mol. The summed E-state index contributed by atoms with van der Waals surface area (Å²) in [6.07, 6.45) is 3.54. The van der Waals surface area contributed by atoms with E-state index in [1.54, 1.807) is 25.3 Å². The molecule has 0 radical (unpaired) electrons. The number of nitrogens with zero attached hydrogens (tertiary/aromatic N) is 4. The molecule has 1 aliphatic rings. The minimum Gasteiger partial charge on any atom is -0.338 e. The number of amides is 1. The molecule has 0 saturated carbocycles. The smallest absolute Gasteiger partial charge is 0.253 e. The van der Waals surface area contributed by atoms with Crippen LogP contribution in [0, 0.1) is 18.7 Å². The Morgan fingerprint density at radius 1 is 1.33 bits per heavy atom. The third-order valence-corrected chi connectivity index (χ3v) is 5.36. The zero-order valence-corrected chi connectivity index (χ0v) is 15.7. The monoisotopic (exact) mass is 366 g/mol. The molecule has 4 rings (SSSR count). The number of hydrogen-bond acceptors (Lipinski definition) is 3. The number of fused-ring (bicyclic) bond motifs is 1. The maximum atomic E-state index is 13.8. The number of carbonyl (C=O) groups excluding carboxylic acids is 1. The summed E-state index contributed by atoms with van der Waals surface area (Å²) in [6, 6.07) is 8.58. The van der Waals surface area contributed by atoms with Crippen molar-refractivity contribution in [1.82, 2.24) is 19.4 Å². The first-order valence-electron chi connectivity index (χ1n) is 9.42. The summed E-state index contributed by atoms with van der Waals surface area (Å²) in [7, 11) is 0. The molecule has 1 aliphatic heterocycles. The van der Waals surface area contributed by atoms with Crippen LogP contribution in [0.3, 0.4) is 0 Å². The second kappa shape index (κ2) is 7.10. The third kappa shape index (κ3) is 3.31. The fraction of sp³-hybridized carbons (Fsp3) is 0.381. The Hall–Kier alpha value is -2.76. The van der Waals surface area contributed by atoms with Crippen LogP contribution in [-0.4, -0.2) is 38.4 Å². The van der Waals surface area contributed by atoms with Crippen molar-refractivity contribution in [2.75, 3.05) is 13.1 Å². The third-order valence-electron chi connectivity index (χ3n) is 5.36. The minimum atomic E-state index is -0.333. The van der Waals surface area contributed by atoms with Gasteiger partial charge in [-0.1, -0.05) is 6.07 Å². The van der Waals surface area contributed by atoms with Crippen molar-refractivity contribution in [1.29, 1.82) is 0 Å². The molecule has 1 saturated heterocycles. The minimum absolute atomic E-state index is 0.0953. The standard InChI is InChI=1S/C21H23FN4O/c1-3-26-19(24-18-5-4-9-23-20(18)26)11-15-8-10-25(13-15)21(27)16-7-6-14(2)17(22)12-16/h4-7,9,12,15H,3,8,10-11,13H2,1-2H3/t15-/m1/s1. The molecule has 1 atom stereocenters. The van der Waals surface area contributed by atoms with Crippen LogP contribution in [0.4, 0.5) is 4.39 Å². The molecule has 27 heavy (non-hydrogen) atoms. The maximum Gasteiger partial charge on any atom is 0.253 e. The van der Waals surface area contributed by atoms with Crippen molar-refractivity contribution in [3.63, 3.8) is 0 Å². The van der Waals surface area contributed by atoms with Crippen molar-refractivity contribution in [2.24, 2.45) is 5.92 Å². The molecule has 3 aromatic rings. The van der Waals surface area contributed by atoms with Gasteiger partial charge in [0.05, 0.1) is 0 Å². The van der Waals surface area contributed by atoms with Gasteiger partial charge in [0, 0.05) is 37.8 Å². The lowest BCUT2D eigenvalue weighted by molar-refractivity contribution is 0.0786. The fourth-order valence-corrected chi connectivity index (χ4v) is 3.84. The zero-order chi connectivity index (χ0) is 19.0. The van der Waals surface area contributed by atoms with Gasteiger partial charge in [-0.25, -0.2) is 14.4 Å². The Kier molecular flexibility index (Phi) is 4.64. The van der Waals surface area contributed by atoms with Crippen LogP contribution in [0.15, 0.2) is 36.5 Å². The van der Waals surface area contributed by atoms with Gasteiger partial charge in [-0.3, -0.25) is 4.79 Å². The van der Waals surface area contributed by atoms with Gasteiger partial charge in [-0.05, 0) is 56.0 Å². The van der Waals surface area contributed by atoms with E-state index < -0.39 is 0 Å². The van der Waals surface area contributed by atoms with E-state index in [9.17, 15) is 9.18 Å². The van der Waals surface area contributed by atoms with E-state index in [1.165, 1.54) is 6.07 Å². The molecule has 5 nitrogen and oxygen atoms in total. The largest absolute Gasteiger partial charge is 0.338 e. The molecular formula is C21H23FN4O. The van der Waals surface area contributed by atoms with E-state index in [1.807, 2.05) is 17.0 Å². The Morgan fingerprint density at radius 2 is 2.19 bits per heavy atom. The van der Waals surface area contributed by atoms with Gasteiger partial charge < -0.3 is 9.47 Å². The topological polar surface area (TPSA) is 51.0 Å². The predicted octanol–water partition coefficient (Wildman–Crippen LogP) is 3.60. The molecule has 1 fully saturated rings. The van der Waals surface area contributed by atoms with Gasteiger partial charge in [0.25, 0.3) is 5.91 Å². The van der Waals surface area contributed by atoms with E-state index in [-0.39, 0.29) is 11.7 Å². The number of hydrogen-bond donors (Lipinski definition) is 0. The van der Waals surface area contributed by atoms with E-state index in [0.717, 1.165) is 36.4 Å². The summed E-state index contributed by atoms with van der Waals surface area (Å²) < 4.78 is 15.9. The summed E-state index contributed by atoms with van der Waals surface area (Å²) >= 11 is 0. The number of imidazole rings is 1. The van der Waals surface area contributed by atoms with Crippen molar-refractivity contribution < 1.29 is 9.18 Å². The van der Waals surface area contributed by atoms with Crippen LogP contribution in [-0.2, 0) is 13.0 Å². The van der Waals surface area contributed by atoms with E-state index in [4.69, 9.17) is 4.98 Å². The summed E-state index contributed by atoms with van der Waals surface area (Å²) in [5.74, 6) is 0.945. The number of likely N-dealkylation sites (tertiary alicyclic amines) is 1. The second-order valence-electron chi connectivity index (χ2n) is 7.19. The second-order valence-corrected chi connectivity index (χ2v) is 7.19. The summed E-state index contributed by atoms with van der Waals surface area (Å²) in [6.45, 7) is 5.99. The molecule has 0 bridgehead atoms. The summed E-state index contributed by atoms with van der Waals surface area (Å²) in [5.41, 5.74) is 2.80. The molecular weight excluding hydrogens is 343 g/mol. The Bertz CT molecular complexity index is 997. The van der Waals surface area contributed by atoms with Crippen molar-refractivity contribution in [2.45, 2.75) is 33.2 Å². The summed E-state index contributed by atoms with van der Waals surface area (Å²) in [5, 5.41) is 0. The van der Waals surface area contributed by atoms with Crippen molar-refractivity contribution in [3.8, 4) is 0 Å². The van der Waals surface area contributed by atoms with Gasteiger partial charge in [0.1, 0.15) is 17.2 Å². The fourth-order valence-electron chi connectivity index (χ4n) is 3.84. The number of pyridine rings is 1. The molecule has 6 heteroatoms. The first-order valence-corrected chi connectivity index (χ1v) is 9.42. The Morgan fingerprint density at radius 3 is 2.96 bits per heavy atom. The summed E-state index contributed by atoms with van der Waals surface area (Å²) in [4.78, 5) is 23.7. The number of aryl methyl sites for hydroxylation is 2. The first-order chi connectivity index (χ1) is 13.1. The van der Waals surface area contributed by atoms with Gasteiger partial charge >= 0.3 is 0 Å². The number of carbonyl (C=O) groups is 1. The number of aromatic nitrogens is 3. The Balaban J connectivity index is 1.48. The average molecular weight is 366 g/mol. The normalized spacial score (nSPS) is 17.0. The quantitative estimate of drug-likeness (QED) is 0.709. The molecule has 3 heterocycles. The molecule has 0 aliphatic carbocycles. The SMILES string of the molecule is CCn1c(C[C@H]2CCN(C(=O)c3ccc(C)c(F)c3)C2)nc2cccnc21. The van der Waals surface area contributed by atoms with Crippen molar-refractivity contribution in [3.05, 3.63) is 59.3 Å². The number of halogens is 1. The highest BCUT2D eigenvalue weighted by molar-refractivity contribution is 5.94. The van der Waals surface area contributed by atoms with Crippen LogP contribution in [0.5, 0.6) is 0 Å². The average Bonchev–Trinajstić information content (AvgIpc) is 3.27. The van der Waals surface area contributed by atoms with Crippen LogP contribution in [0.25, 0.3) is 11.2 Å². The maximum absolute atomic E-state index is 13.8.